The summed E-state index contributed by atoms with van der Waals surface area (Å²) in [6, 6.07) is 4.74. The molecule has 1 unspecified atom stereocenters. The second kappa shape index (κ2) is 4.53. The highest BCUT2D eigenvalue weighted by Crippen LogP contribution is 2.50. The molecule has 2 nitrogen and oxygen atoms in total. The normalized spacial score (nSPS) is 21.0. The van der Waals surface area contributed by atoms with E-state index < -0.39 is 0 Å². The molecule has 0 aromatic carbocycles. The Kier molecular flexibility index (Phi) is 3.50. The van der Waals surface area contributed by atoms with Gasteiger partial charge >= 0.3 is 0 Å². The minimum absolute atomic E-state index is 0.305. The van der Waals surface area contributed by atoms with Crippen LogP contribution in [0.5, 0.6) is 0 Å². The smallest absolute Gasteiger partial charge is 0.0701 e. The van der Waals surface area contributed by atoms with Crippen LogP contribution in [0.2, 0.25) is 0 Å². The number of hydrogen-bond donors (Lipinski definition) is 2. The number of nitrogens with one attached hydrogen (secondary N) is 1. The van der Waals surface area contributed by atoms with Crippen LogP contribution in [0.4, 0.5) is 0 Å². The molecule has 1 heterocycles. The van der Waals surface area contributed by atoms with Crippen molar-refractivity contribution in [2.75, 3.05) is 13.6 Å². The summed E-state index contributed by atoms with van der Waals surface area (Å²) in [5, 5.41) is 3.43. The number of thiophene rings is 1. The number of nitrogens with two attached hydrogens (primary N) is 1. The van der Waals surface area contributed by atoms with E-state index in [9.17, 15) is 0 Å². The molecular weight excluding hydrogens is 272 g/mol. The molecule has 2 rings (SSSR count). The molecular formula is C11H17BrN2S. The molecule has 1 aromatic heterocycles. The van der Waals surface area contributed by atoms with Crippen molar-refractivity contribution in [3.8, 4) is 0 Å². The van der Waals surface area contributed by atoms with Gasteiger partial charge in [-0.1, -0.05) is 6.42 Å². The molecule has 1 aliphatic carbocycles. The number of rotatable bonds is 4. The Balaban J connectivity index is 2.23. The van der Waals surface area contributed by atoms with Gasteiger partial charge in [-0.25, -0.2) is 0 Å². The van der Waals surface area contributed by atoms with E-state index in [1.54, 1.807) is 0 Å². The van der Waals surface area contributed by atoms with Crippen LogP contribution < -0.4 is 11.1 Å². The summed E-state index contributed by atoms with van der Waals surface area (Å²) >= 11 is 5.33. The minimum atomic E-state index is 0.305. The lowest BCUT2D eigenvalue weighted by Gasteiger charge is -2.46. The van der Waals surface area contributed by atoms with E-state index in [0.29, 0.717) is 11.5 Å². The predicted molar refractivity (Wildman–Crippen MR) is 69.2 cm³/mol. The zero-order valence-corrected chi connectivity index (χ0v) is 11.3. The Labute approximate surface area is 103 Å². The molecule has 0 saturated heterocycles. The molecule has 0 amide bonds. The monoisotopic (exact) mass is 288 g/mol. The highest BCUT2D eigenvalue weighted by atomic mass is 79.9. The van der Waals surface area contributed by atoms with Crippen LogP contribution >= 0.6 is 27.3 Å². The maximum atomic E-state index is 5.94. The average molecular weight is 289 g/mol. The second-order valence-electron chi connectivity index (χ2n) is 4.28. The first-order valence-corrected chi connectivity index (χ1v) is 6.95. The van der Waals surface area contributed by atoms with Gasteiger partial charge in [0.25, 0.3) is 0 Å². The van der Waals surface area contributed by atoms with E-state index in [2.05, 4.69) is 33.4 Å². The van der Waals surface area contributed by atoms with Gasteiger partial charge in [-0.3, -0.25) is 0 Å². The lowest BCUT2D eigenvalue weighted by atomic mass is 9.63. The molecule has 0 spiro atoms. The van der Waals surface area contributed by atoms with Gasteiger partial charge in [0, 0.05) is 16.3 Å². The van der Waals surface area contributed by atoms with Crippen molar-refractivity contribution in [2.45, 2.75) is 25.3 Å². The van der Waals surface area contributed by atoms with Gasteiger partial charge in [-0.2, -0.15) is 0 Å². The van der Waals surface area contributed by atoms with E-state index in [1.807, 2.05) is 18.4 Å². The molecule has 0 bridgehead atoms. The van der Waals surface area contributed by atoms with E-state index in [0.717, 1.165) is 6.54 Å². The van der Waals surface area contributed by atoms with Gasteiger partial charge in [0.1, 0.15) is 0 Å². The summed E-state index contributed by atoms with van der Waals surface area (Å²) < 4.78 is 1.20. The molecule has 0 aliphatic heterocycles. The second-order valence-corrected chi connectivity index (χ2v) is 6.78. The zero-order valence-electron chi connectivity index (χ0n) is 8.92. The van der Waals surface area contributed by atoms with Crippen LogP contribution in [0.1, 0.15) is 30.2 Å². The fourth-order valence-corrected chi connectivity index (χ4v) is 4.15. The summed E-state index contributed by atoms with van der Waals surface area (Å²) in [5.74, 6) is 0. The van der Waals surface area contributed by atoms with Crippen LogP contribution in [0.15, 0.2) is 15.9 Å². The van der Waals surface area contributed by atoms with Crippen LogP contribution in [0.3, 0.4) is 0 Å². The predicted octanol–water partition coefficient (Wildman–Crippen LogP) is 2.90. The van der Waals surface area contributed by atoms with Gasteiger partial charge in [0.05, 0.1) is 3.79 Å². The quantitative estimate of drug-likeness (QED) is 0.894. The average Bonchev–Trinajstić information content (AvgIpc) is 2.58. The molecule has 3 N–H and O–H groups in total. The summed E-state index contributed by atoms with van der Waals surface area (Å²) in [5.41, 5.74) is 6.25. The largest absolute Gasteiger partial charge is 0.330 e. The maximum Gasteiger partial charge on any atom is 0.0701 e. The molecule has 1 atom stereocenters. The van der Waals surface area contributed by atoms with Crippen molar-refractivity contribution < 1.29 is 0 Å². The van der Waals surface area contributed by atoms with Crippen LogP contribution in [0.25, 0.3) is 0 Å². The highest BCUT2D eigenvalue weighted by molar-refractivity contribution is 9.11. The lowest BCUT2D eigenvalue weighted by molar-refractivity contribution is 0.0897. The molecule has 1 aliphatic rings. The number of halogens is 1. The van der Waals surface area contributed by atoms with Crippen molar-refractivity contribution in [3.05, 3.63) is 20.8 Å². The van der Waals surface area contributed by atoms with Crippen molar-refractivity contribution in [1.82, 2.24) is 5.32 Å². The van der Waals surface area contributed by atoms with Crippen LogP contribution in [-0.4, -0.2) is 13.6 Å². The molecule has 0 radical (unpaired) electrons. The van der Waals surface area contributed by atoms with Crippen LogP contribution in [0, 0.1) is 5.41 Å². The molecule has 15 heavy (non-hydrogen) atoms. The molecule has 4 heteroatoms. The van der Waals surface area contributed by atoms with Gasteiger partial charge in [0.15, 0.2) is 0 Å². The Morgan fingerprint density at radius 3 is 2.67 bits per heavy atom. The first kappa shape index (κ1) is 11.6. The fraction of sp³-hybridized carbons (Fsp3) is 0.636. The topological polar surface area (TPSA) is 38.0 Å². The van der Waals surface area contributed by atoms with Crippen molar-refractivity contribution in [3.63, 3.8) is 0 Å². The standard InChI is InChI=1S/C11H17BrN2S/c1-14-10(8-3-4-9(12)15-8)11(7-13)5-2-6-11/h3-4,10,14H,2,5-7,13H2,1H3. The van der Waals surface area contributed by atoms with Crippen molar-refractivity contribution in [1.29, 1.82) is 0 Å². The van der Waals surface area contributed by atoms with Crippen LogP contribution in [-0.2, 0) is 0 Å². The zero-order chi connectivity index (χ0) is 10.9. The maximum absolute atomic E-state index is 5.94. The molecule has 1 aromatic rings. The Morgan fingerprint density at radius 2 is 2.33 bits per heavy atom. The first-order valence-electron chi connectivity index (χ1n) is 5.34. The van der Waals surface area contributed by atoms with E-state index in [4.69, 9.17) is 5.73 Å². The van der Waals surface area contributed by atoms with Gasteiger partial charge in [-0.15, -0.1) is 11.3 Å². The fourth-order valence-electron chi connectivity index (χ4n) is 2.48. The van der Waals surface area contributed by atoms with Gasteiger partial charge in [-0.05, 0) is 54.5 Å². The first-order chi connectivity index (χ1) is 7.22. The van der Waals surface area contributed by atoms with Crippen molar-refractivity contribution in [2.24, 2.45) is 11.1 Å². The summed E-state index contributed by atoms with van der Waals surface area (Å²) in [4.78, 5) is 1.40. The Morgan fingerprint density at radius 1 is 1.60 bits per heavy atom. The molecule has 84 valence electrons. The Hall–Kier alpha value is 0.1000. The Bertz CT molecular complexity index is 328. The van der Waals surface area contributed by atoms with Crippen molar-refractivity contribution >= 4 is 27.3 Å². The SMILES string of the molecule is CNC(c1ccc(Br)s1)C1(CN)CCC1. The third-order valence-electron chi connectivity index (χ3n) is 3.54. The van der Waals surface area contributed by atoms with E-state index >= 15 is 0 Å². The number of hydrogen-bond acceptors (Lipinski definition) is 3. The summed E-state index contributed by atoms with van der Waals surface area (Å²) in [7, 11) is 2.04. The van der Waals surface area contributed by atoms with Gasteiger partial charge < -0.3 is 11.1 Å². The van der Waals surface area contributed by atoms with E-state index in [-0.39, 0.29) is 0 Å². The third kappa shape index (κ3) is 2.00. The van der Waals surface area contributed by atoms with E-state index in [1.165, 1.54) is 27.9 Å². The summed E-state index contributed by atoms with van der Waals surface area (Å²) in [6.07, 6.45) is 3.83. The molecule has 1 saturated carbocycles. The lowest BCUT2D eigenvalue weighted by Crippen LogP contribution is -2.46. The summed E-state index contributed by atoms with van der Waals surface area (Å²) in [6.45, 7) is 0.786. The molecule has 1 fully saturated rings. The third-order valence-corrected chi connectivity index (χ3v) is 5.22. The van der Waals surface area contributed by atoms with Gasteiger partial charge in [0.2, 0.25) is 0 Å². The minimum Gasteiger partial charge on any atom is -0.330 e. The highest BCUT2D eigenvalue weighted by Gasteiger charge is 2.43.